The van der Waals surface area contributed by atoms with Crippen molar-refractivity contribution in [2.45, 2.75) is 45.1 Å². The Bertz CT molecular complexity index is 422. The Morgan fingerprint density at radius 2 is 2.00 bits per heavy atom. The third kappa shape index (κ3) is 7.53. The molecule has 0 saturated heterocycles. The Balaban J connectivity index is 2.34. The van der Waals surface area contributed by atoms with E-state index in [9.17, 15) is 13.2 Å². The number of hydrogen-bond acceptors (Lipinski definition) is 5. The van der Waals surface area contributed by atoms with Crippen molar-refractivity contribution in [2.24, 2.45) is 11.7 Å². The van der Waals surface area contributed by atoms with Crippen molar-refractivity contribution in [3.05, 3.63) is 0 Å². The van der Waals surface area contributed by atoms with Crippen LogP contribution in [0.3, 0.4) is 0 Å². The summed E-state index contributed by atoms with van der Waals surface area (Å²) in [7, 11) is -3.48. The second-order valence-electron chi connectivity index (χ2n) is 5.64. The van der Waals surface area contributed by atoms with Gasteiger partial charge >= 0.3 is 0 Å². The quantitative estimate of drug-likeness (QED) is 0.485. The van der Waals surface area contributed by atoms with Crippen LogP contribution in [0.15, 0.2) is 0 Å². The molecule has 0 aromatic carbocycles. The van der Waals surface area contributed by atoms with Gasteiger partial charge in [0, 0.05) is 19.2 Å². The summed E-state index contributed by atoms with van der Waals surface area (Å²) >= 11 is 0. The van der Waals surface area contributed by atoms with Gasteiger partial charge in [-0.2, -0.15) is 0 Å². The molecule has 0 aromatic rings. The average molecular weight is 335 g/mol. The first-order valence-corrected chi connectivity index (χ1v) is 9.68. The van der Waals surface area contributed by atoms with Crippen molar-refractivity contribution in [3.8, 4) is 0 Å². The Labute approximate surface area is 133 Å². The zero-order valence-corrected chi connectivity index (χ0v) is 14.2. The van der Waals surface area contributed by atoms with Crippen molar-refractivity contribution >= 4 is 15.9 Å². The molecule has 8 heteroatoms. The van der Waals surface area contributed by atoms with Gasteiger partial charge in [0.25, 0.3) is 0 Å². The van der Waals surface area contributed by atoms with Gasteiger partial charge in [0.2, 0.25) is 15.9 Å². The average Bonchev–Trinajstić information content (AvgIpc) is 2.52. The molecule has 1 unspecified atom stereocenters. The van der Waals surface area contributed by atoms with E-state index in [1.807, 2.05) is 0 Å². The summed E-state index contributed by atoms with van der Waals surface area (Å²) < 4.78 is 30.6. The number of carbonyl (C=O) groups excluding carboxylic acids is 1. The Morgan fingerprint density at radius 1 is 1.32 bits per heavy atom. The SMILES string of the molecule is CCOCCS(=O)(=O)NCC(=O)NC(CN)C1CCCCC1. The van der Waals surface area contributed by atoms with Crippen LogP contribution in [0.25, 0.3) is 0 Å². The van der Waals surface area contributed by atoms with Crippen molar-refractivity contribution in [3.63, 3.8) is 0 Å². The highest BCUT2D eigenvalue weighted by Crippen LogP contribution is 2.26. The molecule has 1 atom stereocenters. The second kappa shape index (κ2) is 10.1. The van der Waals surface area contributed by atoms with Crippen molar-refractivity contribution in [1.29, 1.82) is 0 Å². The number of amides is 1. The van der Waals surface area contributed by atoms with E-state index in [1.54, 1.807) is 6.92 Å². The maximum absolute atomic E-state index is 11.9. The van der Waals surface area contributed by atoms with Crippen LogP contribution in [0.5, 0.6) is 0 Å². The minimum atomic E-state index is -3.48. The molecule has 1 rings (SSSR count). The van der Waals surface area contributed by atoms with Gasteiger partial charge < -0.3 is 15.8 Å². The third-order valence-electron chi connectivity index (χ3n) is 3.97. The Kier molecular flexibility index (Phi) is 8.92. The van der Waals surface area contributed by atoms with E-state index in [4.69, 9.17) is 10.5 Å². The summed E-state index contributed by atoms with van der Waals surface area (Å²) in [4.78, 5) is 11.9. The summed E-state index contributed by atoms with van der Waals surface area (Å²) in [6.07, 6.45) is 5.72. The van der Waals surface area contributed by atoms with Crippen LogP contribution in [0.4, 0.5) is 0 Å². The van der Waals surface area contributed by atoms with Crippen LogP contribution in [0.2, 0.25) is 0 Å². The molecule has 4 N–H and O–H groups in total. The number of hydrogen-bond donors (Lipinski definition) is 3. The fraction of sp³-hybridized carbons (Fsp3) is 0.929. The lowest BCUT2D eigenvalue weighted by molar-refractivity contribution is -0.121. The molecular formula is C14H29N3O4S. The minimum absolute atomic E-state index is 0.0688. The molecule has 0 spiro atoms. The van der Waals surface area contributed by atoms with Crippen molar-refractivity contribution in [2.75, 3.05) is 32.1 Å². The molecule has 0 bridgehead atoms. The topological polar surface area (TPSA) is 111 Å². The highest BCUT2D eigenvalue weighted by molar-refractivity contribution is 7.89. The van der Waals surface area contributed by atoms with Gasteiger partial charge in [-0.25, -0.2) is 13.1 Å². The lowest BCUT2D eigenvalue weighted by Gasteiger charge is -2.30. The van der Waals surface area contributed by atoms with Gasteiger partial charge in [-0.05, 0) is 25.7 Å². The Morgan fingerprint density at radius 3 is 2.59 bits per heavy atom. The lowest BCUT2D eigenvalue weighted by Crippen LogP contribution is -2.49. The van der Waals surface area contributed by atoms with Crippen LogP contribution in [-0.2, 0) is 19.6 Å². The molecule has 7 nitrogen and oxygen atoms in total. The zero-order valence-electron chi connectivity index (χ0n) is 13.3. The monoisotopic (exact) mass is 335 g/mol. The van der Waals surface area contributed by atoms with E-state index in [0.717, 1.165) is 12.8 Å². The van der Waals surface area contributed by atoms with Gasteiger partial charge in [-0.3, -0.25) is 4.79 Å². The molecule has 1 aliphatic carbocycles. The van der Waals surface area contributed by atoms with Gasteiger partial charge in [0.05, 0.1) is 18.9 Å². The number of nitrogens with two attached hydrogens (primary N) is 1. The largest absolute Gasteiger partial charge is 0.381 e. The van der Waals surface area contributed by atoms with Crippen LogP contribution in [0, 0.1) is 5.92 Å². The highest BCUT2D eigenvalue weighted by atomic mass is 32.2. The van der Waals surface area contributed by atoms with Crippen LogP contribution < -0.4 is 15.8 Å². The van der Waals surface area contributed by atoms with E-state index >= 15 is 0 Å². The molecule has 0 aromatic heterocycles. The number of ether oxygens (including phenoxy) is 1. The summed E-state index contributed by atoms with van der Waals surface area (Å²) in [5, 5.41) is 2.85. The van der Waals surface area contributed by atoms with Crippen molar-refractivity contribution in [1.82, 2.24) is 10.0 Å². The normalized spacial score (nSPS) is 18.1. The minimum Gasteiger partial charge on any atom is -0.381 e. The summed E-state index contributed by atoms with van der Waals surface area (Å²) in [5.41, 5.74) is 5.74. The third-order valence-corrected chi connectivity index (χ3v) is 5.26. The molecule has 1 aliphatic rings. The lowest BCUT2D eigenvalue weighted by atomic mass is 9.84. The predicted octanol–water partition coefficient (Wildman–Crippen LogP) is -0.0339. The van der Waals surface area contributed by atoms with Gasteiger partial charge in [0.1, 0.15) is 0 Å². The smallest absolute Gasteiger partial charge is 0.235 e. The van der Waals surface area contributed by atoms with Gasteiger partial charge in [-0.15, -0.1) is 0 Å². The first-order valence-electron chi connectivity index (χ1n) is 8.03. The maximum atomic E-state index is 11.9. The molecule has 0 aliphatic heterocycles. The molecule has 0 radical (unpaired) electrons. The van der Waals surface area contributed by atoms with E-state index in [-0.39, 0.29) is 30.9 Å². The number of nitrogens with one attached hydrogen (secondary N) is 2. The van der Waals surface area contributed by atoms with E-state index < -0.39 is 10.0 Å². The molecule has 1 amide bonds. The number of rotatable bonds is 10. The fourth-order valence-electron chi connectivity index (χ4n) is 2.72. The standard InChI is InChI=1S/C14H29N3O4S/c1-2-21-8-9-22(19,20)16-11-14(18)17-13(10-15)12-6-4-3-5-7-12/h12-13,16H,2-11,15H2,1H3,(H,17,18). The number of carbonyl (C=O) groups is 1. The van der Waals surface area contributed by atoms with E-state index in [2.05, 4.69) is 10.0 Å². The second-order valence-corrected chi connectivity index (χ2v) is 7.57. The first kappa shape index (κ1) is 19.3. The highest BCUT2D eigenvalue weighted by Gasteiger charge is 2.24. The van der Waals surface area contributed by atoms with Crippen LogP contribution in [-0.4, -0.2) is 52.4 Å². The number of sulfonamides is 1. The fourth-order valence-corrected chi connectivity index (χ4v) is 3.56. The van der Waals surface area contributed by atoms with Crippen molar-refractivity contribution < 1.29 is 17.9 Å². The van der Waals surface area contributed by atoms with E-state index in [1.165, 1.54) is 19.3 Å². The molecule has 1 saturated carbocycles. The molecule has 22 heavy (non-hydrogen) atoms. The molecule has 0 heterocycles. The maximum Gasteiger partial charge on any atom is 0.235 e. The summed E-state index contributed by atoms with van der Waals surface area (Å²) in [6.45, 7) is 2.52. The summed E-state index contributed by atoms with van der Waals surface area (Å²) in [6, 6.07) is -0.0688. The van der Waals surface area contributed by atoms with Gasteiger partial charge in [0.15, 0.2) is 0 Å². The molecule has 130 valence electrons. The summed E-state index contributed by atoms with van der Waals surface area (Å²) in [5.74, 6) is -0.0740. The van der Waals surface area contributed by atoms with E-state index in [0.29, 0.717) is 19.1 Å². The van der Waals surface area contributed by atoms with Gasteiger partial charge in [-0.1, -0.05) is 19.3 Å². The first-order chi connectivity index (χ1) is 10.5. The Hall–Kier alpha value is -0.700. The molecule has 1 fully saturated rings. The predicted molar refractivity (Wildman–Crippen MR) is 85.8 cm³/mol. The molecular weight excluding hydrogens is 306 g/mol. The zero-order chi connectivity index (χ0) is 16.4. The van der Waals surface area contributed by atoms with Crippen LogP contribution >= 0.6 is 0 Å². The van der Waals surface area contributed by atoms with Crippen LogP contribution in [0.1, 0.15) is 39.0 Å².